The largest absolute Gasteiger partial charge is 0.421 e. The van der Waals surface area contributed by atoms with Gasteiger partial charge in [-0.15, -0.1) is 0 Å². The second kappa shape index (κ2) is 4.40. The Hall–Kier alpha value is -2.11. The normalized spacial score (nSPS) is 11.0. The summed E-state index contributed by atoms with van der Waals surface area (Å²) < 4.78 is 6.19. The van der Waals surface area contributed by atoms with E-state index in [0.717, 1.165) is 0 Å². The van der Waals surface area contributed by atoms with E-state index >= 15 is 0 Å². The van der Waals surface area contributed by atoms with Crippen molar-refractivity contribution in [3.8, 4) is 0 Å². The van der Waals surface area contributed by atoms with Crippen molar-refractivity contribution in [3.05, 3.63) is 28.9 Å². The number of fused-ring (bicyclic) bond motifs is 1. The van der Waals surface area contributed by atoms with Crippen LogP contribution in [0.2, 0.25) is 0 Å². The Morgan fingerprint density at radius 2 is 2.35 bits per heavy atom. The lowest BCUT2D eigenvalue weighted by Gasteiger charge is -2.07. The van der Waals surface area contributed by atoms with Gasteiger partial charge in [-0.05, 0) is 26.0 Å². The Morgan fingerprint density at radius 3 is 3.06 bits per heavy atom. The Morgan fingerprint density at radius 1 is 1.59 bits per heavy atom. The zero-order valence-corrected chi connectivity index (χ0v) is 9.64. The number of oxazole rings is 1. The number of hydrogen-bond acceptors (Lipinski definition) is 4. The lowest BCUT2D eigenvalue weighted by Crippen LogP contribution is -2.35. The molecule has 0 aromatic carbocycles. The summed E-state index contributed by atoms with van der Waals surface area (Å²) in [4.78, 5) is 27.1. The van der Waals surface area contributed by atoms with Crippen LogP contribution in [0.5, 0.6) is 0 Å². The van der Waals surface area contributed by atoms with Crippen molar-refractivity contribution in [2.24, 2.45) is 0 Å². The summed E-state index contributed by atoms with van der Waals surface area (Å²) in [7, 11) is 0. The van der Waals surface area contributed by atoms with Gasteiger partial charge in [-0.25, -0.2) is 14.3 Å². The number of nitrogens with one attached hydrogen (secondary N) is 1. The van der Waals surface area contributed by atoms with E-state index in [1.807, 2.05) is 13.8 Å². The number of carbonyl (C=O) groups is 1. The van der Waals surface area contributed by atoms with Crippen LogP contribution >= 0.6 is 0 Å². The highest BCUT2D eigenvalue weighted by molar-refractivity contribution is 5.78. The van der Waals surface area contributed by atoms with Crippen LogP contribution in [0.4, 0.5) is 0 Å². The van der Waals surface area contributed by atoms with Crippen molar-refractivity contribution < 1.29 is 9.21 Å². The number of pyridine rings is 1. The van der Waals surface area contributed by atoms with Crippen molar-refractivity contribution in [2.75, 3.05) is 0 Å². The molecule has 1 amide bonds. The molecule has 0 bridgehead atoms. The summed E-state index contributed by atoms with van der Waals surface area (Å²) in [6, 6.07) is 3.34. The van der Waals surface area contributed by atoms with Gasteiger partial charge in [0.05, 0.1) is 0 Å². The lowest BCUT2D eigenvalue weighted by atomic mass is 10.4. The highest BCUT2D eigenvalue weighted by Gasteiger charge is 2.13. The molecule has 90 valence electrons. The molecular weight excluding hydrogens is 222 g/mol. The van der Waals surface area contributed by atoms with Gasteiger partial charge in [-0.3, -0.25) is 4.79 Å². The maximum atomic E-state index is 11.6. The standard InChI is InChI=1S/C11H13N3O3/c1-7(2)13-9(15)6-14-10-8(17-11(14)16)4-3-5-12-10/h3-5,7H,6H2,1-2H3,(H,13,15). The molecule has 0 fully saturated rings. The molecule has 0 saturated carbocycles. The Kier molecular flexibility index (Phi) is 2.95. The smallest absolute Gasteiger partial charge is 0.406 e. The molecule has 17 heavy (non-hydrogen) atoms. The average molecular weight is 235 g/mol. The molecule has 0 spiro atoms. The van der Waals surface area contributed by atoms with Gasteiger partial charge in [0.15, 0.2) is 11.2 Å². The molecule has 6 heteroatoms. The van der Waals surface area contributed by atoms with E-state index < -0.39 is 5.76 Å². The van der Waals surface area contributed by atoms with Gasteiger partial charge in [0, 0.05) is 12.2 Å². The van der Waals surface area contributed by atoms with Crippen LogP contribution in [0.25, 0.3) is 11.2 Å². The van der Waals surface area contributed by atoms with Crippen molar-refractivity contribution >= 4 is 17.1 Å². The van der Waals surface area contributed by atoms with E-state index in [2.05, 4.69) is 10.3 Å². The first-order valence-electron chi connectivity index (χ1n) is 5.31. The monoisotopic (exact) mass is 235 g/mol. The van der Waals surface area contributed by atoms with Crippen molar-refractivity contribution in [3.63, 3.8) is 0 Å². The topological polar surface area (TPSA) is 77.1 Å². The van der Waals surface area contributed by atoms with Crippen LogP contribution in [0.15, 0.2) is 27.5 Å². The zero-order chi connectivity index (χ0) is 12.4. The van der Waals surface area contributed by atoms with Crippen LogP contribution in [-0.4, -0.2) is 21.5 Å². The number of aromatic nitrogens is 2. The average Bonchev–Trinajstić information content (AvgIpc) is 2.55. The van der Waals surface area contributed by atoms with Gasteiger partial charge in [-0.2, -0.15) is 0 Å². The van der Waals surface area contributed by atoms with E-state index in [4.69, 9.17) is 4.42 Å². The molecule has 0 aliphatic carbocycles. The second-order valence-corrected chi connectivity index (χ2v) is 4.00. The predicted molar refractivity (Wildman–Crippen MR) is 61.5 cm³/mol. The number of rotatable bonds is 3. The molecule has 2 aromatic heterocycles. The molecule has 2 heterocycles. The molecule has 0 aliphatic rings. The van der Waals surface area contributed by atoms with E-state index in [0.29, 0.717) is 11.2 Å². The fraction of sp³-hybridized carbons (Fsp3) is 0.364. The highest BCUT2D eigenvalue weighted by Crippen LogP contribution is 2.07. The van der Waals surface area contributed by atoms with Crippen molar-refractivity contribution in [2.45, 2.75) is 26.4 Å². The molecule has 0 aliphatic heterocycles. The first kappa shape index (κ1) is 11.4. The molecule has 2 rings (SSSR count). The maximum Gasteiger partial charge on any atom is 0.421 e. The van der Waals surface area contributed by atoms with Gasteiger partial charge >= 0.3 is 5.76 Å². The molecule has 0 saturated heterocycles. The third kappa shape index (κ3) is 2.35. The minimum absolute atomic E-state index is 0.0318. The quantitative estimate of drug-likeness (QED) is 0.841. The van der Waals surface area contributed by atoms with Crippen molar-refractivity contribution in [1.29, 1.82) is 0 Å². The van der Waals surface area contributed by atoms with Crippen LogP contribution < -0.4 is 11.1 Å². The Balaban J connectivity index is 2.32. The summed E-state index contributed by atoms with van der Waals surface area (Å²) in [5, 5.41) is 2.70. The SMILES string of the molecule is CC(C)NC(=O)Cn1c(=O)oc2cccnc21. The molecule has 6 nitrogen and oxygen atoms in total. The van der Waals surface area contributed by atoms with Gasteiger partial charge in [-0.1, -0.05) is 0 Å². The maximum absolute atomic E-state index is 11.6. The molecule has 0 radical (unpaired) electrons. The fourth-order valence-electron chi connectivity index (χ4n) is 1.55. The number of carbonyl (C=O) groups excluding carboxylic acids is 1. The number of hydrogen-bond donors (Lipinski definition) is 1. The predicted octanol–water partition coefficient (Wildman–Crippen LogP) is 0.514. The third-order valence-corrected chi connectivity index (χ3v) is 2.18. The Bertz CT molecular complexity index is 597. The number of amides is 1. The van der Waals surface area contributed by atoms with Crippen molar-refractivity contribution in [1.82, 2.24) is 14.9 Å². The first-order valence-corrected chi connectivity index (χ1v) is 5.31. The van der Waals surface area contributed by atoms with E-state index in [1.165, 1.54) is 4.57 Å². The molecular formula is C11H13N3O3. The summed E-state index contributed by atoms with van der Waals surface area (Å²) in [5.41, 5.74) is 0.770. The molecule has 1 N–H and O–H groups in total. The lowest BCUT2D eigenvalue weighted by molar-refractivity contribution is -0.122. The van der Waals surface area contributed by atoms with Gasteiger partial charge in [0.25, 0.3) is 0 Å². The Labute approximate surface area is 97.3 Å². The van der Waals surface area contributed by atoms with E-state index in [-0.39, 0.29) is 18.5 Å². The molecule has 0 atom stereocenters. The minimum Gasteiger partial charge on any atom is -0.406 e. The van der Waals surface area contributed by atoms with Gasteiger partial charge in [0.2, 0.25) is 5.91 Å². The number of nitrogens with zero attached hydrogens (tertiary/aromatic N) is 2. The van der Waals surface area contributed by atoms with E-state index in [1.54, 1.807) is 18.3 Å². The molecule has 0 unspecified atom stereocenters. The van der Waals surface area contributed by atoms with Crippen LogP contribution in [0.1, 0.15) is 13.8 Å². The minimum atomic E-state index is -0.572. The summed E-state index contributed by atoms with van der Waals surface area (Å²) in [6.45, 7) is 3.62. The zero-order valence-electron chi connectivity index (χ0n) is 9.64. The molecule has 2 aromatic rings. The van der Waals surface area contributed by atoms with Crippen LogP contribution in [0, 0.1) is 0 Å². The summed E-state index contributed by atoms with van der Waals surface area (Å²) >= 11 is 0. The first-order chi connectivity index (χ1) is 8.08. The third-order valence-electron chi connectivity index (χ3n) is 2.18. The van der Waals surface area contributed by atoms with E-state index in [9.17, 15) is 9.59 Å². The summed E-state index contributed by atoms with van der Waals surface area (Å²) in [5.74, 6) is -0.812. The summed E-state index contributed by atoms with van der Waals surface area (Å²) in [6.07, 6.45) is 1.55. The van der Waals surface area contributed by atoms with Gasteiger partial charge < -0.3 is 9.73 Å². The van der Waals surface area contributed by atoms with Crippen LogP contribution in [0.3, 0.4) is 0 Å². The second-order valence-electron chi connectivity index (χ2n) is 4.00. The highest BCUT2D eigenvalue weighted by atomic mass is 16.4. The fourth-order valence-corrected chi connectivity index (χ4v) is 1.55. The van der Waals surface area contributed by atoms with Crippen LogP contribution in [-0.2, 0) is 11.3 Å². The van der Waals surface area contributed by atoms with Gasteiger partial charge in [0.1, 0.15) is 6.54 Å².